The van der Waals surface area contributed by atoms with E-state index in [2.05, 4.69) is 25.6 Å². The van der Waals surface area contributed by atoms with Crippen molar-refractivity contribution in [3.63, 3.8) is 0 Å². The highest BCUT2D eigenvalue weighted by Crippen LogP contribution is 2.38. The minimum absolute atomic E-state index is 0.195. The smallest absolute Gasteiger partial charge is 0.343 e. The number of benzene rings is 2. The highest BCUT2D eigenvalue weighted by atomic mass is 16.6. The van der Waals surface area contributed by atoms with Crippen LogP contribution in [0.5, 0.6) is 11.5 Å². The Labute approximate surface area is 752 Å². The summed E-state index contributed by atoms with van der Waals surface area (Å²) in [5.41, 5.74) is 2.79. The quantitative estimate of drug-likeness (QED) is 0.0195. The van der Waals surface area contributed by atoms with Gasteiger partial charge in [0.15, 0.2) is 0 Å². The zero-order chi connectivity index (χ0) is 91.0. The maximum Gasteiger partial charge on any atom is 0.343 e. The number of esters is 12. The van der Waals surface area contributed by atoms with Gasteiger partial charge in [0.2, 0.25) is 0 Å². The molecule has 0 heterocycles. The lowest BCUT2D eigenvalue weighted by Crippen LogP contribution is -2.13. The second-order valence-electron chi connectivity index (χ2n) is 33.3. The van der Waals surface area contributed by atoms with Crippen LogP contribution in [0.15, 0.2) is 60.7 Å². The average molecular weight is 1780 g/mol. The third kappa shape index (κ3) is 67.8. The van der Waals surface area contributed by atoms with Gasteiger partial charge < -0.3 is 66.3 Å². The third-order valence-corrected chi connectivity index (χ3v) is 21.7. The Morgan fingerprint density at radius 1 is 0.270 bits per heavy atom. The summed E-state index contributed by atoms with van der Waals surface area (Å²) < 4.78 is 75.6. The molecule has 1 fully saturated rings. The van der Waals surface area contributed by atoms with Crippen molar-refractivity contribution in [2.45, 2.75) is 379 Å². The average Bonchev–Trinajstić information content (AvgIpc) is 0.842. The number of carbonyl (C=O) groups is 12. The molecule has 0 bridgehead atoms. The maximum absolute atomic E-state index is 12.9. The Hall–Kier alpha value is -8.42. The van der Waals surface area contributed by atoms with Crippen molar-refractivity contribution in [2.24, 2.45) is 5.92 Å². The Balaban J connectivity index is 0.950. The van der Waals surface area contributed by atoms with E-state index in [1.807, 2.05) is 19.1 Å². The van der Waals surface area contributed by atoms with Crippen molar-refractivity contribution in [3.8, 4) is 11.5 Å². The van der Waals surface area contributed by atoms with Crippen molar-refractivity contribution in [1.82, 2.24) is 0 Å². The molecule has 0 amide bonds. The number of ether oxygens (including phenoxy) is 14. The molecule has 2 aromatic rings. The van der Waals surface area contributed by atoms with Gasteiger partial charge in [0.25, 0.3) is 0 Å². The van der Waals surface area contributed by atoms with E-state index in [4.69, 9.17) is 66.3 Å². The normalized spacial score (nSPS) is 12.9. The van der Waals surface area contributed by atoms with Crippen molar-refractivity contribution in [3.05, 3.63) is 71.8 Å². The monoisotopic (exact) mass is 1780 g/mol. The molecule has 0 radical (unpaired) electrons. The van der Waals surface area contributed by atoms with E-state index in [0.717, 1.165) is 88.5 Å². The first-order valence-electron chi connectivity index (χ1n) is 48.4. The zero-order valence-corrected chi connectivity index (χ0v) is 77.1. The zero-order valence-electron chi connectivity index (χ0n) is 77.1. The van der Waals surface area contributed by atoms with Crippen LogP contribution >= 0.6 is 0 Å². The van der Waals surface area contributed by atoms with Gasteiger partial charge in [0, 0.05) is 77.2 Å². The molecule has 0 unspecified atom stereocenters. The van der Waals surface area contributed by atoms with Crippen LogP contribution in [0.2, 0.25) is 0 Å². The number of rotatable bonds is 83. The molecule has 0 aliphatic heterocycles. The fourth-order valence-electron chi connectivity index (χ4n) is 14.1. The maximum atomic E-state index is 12.9. The number of unbranched alkanes of at least 4 members (excludes halogenated alkanes) is 27. The second kappa shape index (κ2) is 78.8. The van der Waals surface area contributed by atoms with Crippen LogP contribution in [-0.2, 0) is 110 Å². The highest BCUT2D eigenvalue weighted by molar-refractivity contribution is 5.91. The van der Waals surface area contributed by atoms with E-state index in [1.165, 1.54) is 56.9 Å². The largest absolute Gasteiger partial charge is 0.494 e. The number of hydrogen-bond donors (Lipinski definition) is 0. The first-order chi connectivity index (χ1) is 61.4. The molecule has 1 aliphatic rings. The van der Waals surface area contributed by atoms with Gasteiger partial charge in [-0.2, -0.15) is 0 Å². The minimum Gasteiger partial charge on any atom is -0.494 e. The Morgan fingerprint density at radius 3 is 0.762 bits per heavy atom. The van der Waals surface area contributed by atoms with Gasteiger partial charge in [-0.15, -0.1) is 0 Å². The molecule has 0 N–H and O–H groups in total. The SMILES string of the molecule is C=C(C)COCCCCCC(=O)OCCCCCC(=O)OCCCCCC(=O)OCCCCCC(=O)OCCCCCC(=O)OCCCCCC(=O)OCCCCCC(=O)OCCCCCC(=O)OCCCCCC(=O)OCCCCCC(=O)OCCCCCC(=O)OCCCCCCOc1ccc(C(=O)Oc2ccc([C@H]3CC[C@H](CCCCC)CC3)cc2)cc1. The molecular formula is C100H158O26. The van der Waals surface area contributed by atoms with E-state index in [9.17, 15) is 57.5 Å². The fraction of sp³-hybridized carbons (Fsp3) is 0.740. The molecule has 3 rings (SSSR count). The lowest BCUT2D eigenvalue weighted by atomic mass is 9.77. The van der Waals surface area contributed by atoms with Crippen LogP contribution in [-0.4, -0.2) is 164 Å². The van der Waals surface area contributed by atoms with Crippen LogP contribution in [0.4, 0.5) is 0 Å². The highest BCUT2D eigenvalue weighted by Gasteiger charge is 2.23. The number of hydrogen-bond acceptors (Lipinski definition) is 26. The third-order valence-electron chi connectivity index (χ3n) is 21.7. The number of carbonyl (C=O) groups excluding carboxylic acids is 12. The summed E-state index contributed by atoms with van der Waals surface area (Å²) in [6.07, 6.45) is 39.8. The summed E-state index contributed by atoms with van der Waals surface area (Å²) in [7, 11) is 0. The van der Waals surface area contributed by atoms with Crippen molar-refractivity contribution in [1.29, 1.82) is 0 Å². The molecule has 26 heteroatoms. The van der Waals surface area contributed by atoms with Crippen LogP contribution in [0.1, 0.15) is 395 Å². The predicted octanol–water partition coefficient (Wildman–Crippen LogP) is 21.4. The molecule has 0 spiro atoms. The van der Waals surface area contributed by atoms with E-state index in [0.29, 0.717) is 255 Å². The van der Waals surface area contributed by atoms with Gasteiger partial charge in [-0.1, -0.05) is 63.3 Å². The lowest BCUT2D eigenvalue weighted by Gasteiger charge is -2.29. The van der Waals surface area contributed by atoms with Gasteiger partial charge in [-0.05, 0) is 318 Å². The van der Waals surface area contributed by atoms with Crippen molar-refractivity contribution in [2.75, 3.05) is 92.5 Å². The van der Waals surface area contributed by atoms with Crippen LogP contribution in [0.3, 0.4) is 0 Å². The van der Waals surface area contributed by atoms with Gasteiger partial charge in [0.05, 0.1) is 91.5 Å². The molecule has 2 aromatic carbocycles. The summed E-state index contributed by atoms with van der Waals surface area (Å²) >= 11 is 0. The van der Waals surface area contributed by atoms with E-state index < -0.39 is 5.97 Å². The molecule has 1 saturated carbocycles. The summed E-state index contributed by atoms with van der Waals surface area (Å²) in [6, 6.07) is 15.0. The first-order valence-corrected chi connectivity index (χ1v) is 48.4. The van der Waals surface area contributed by atoms with Gasteiger partial charge >= 0.3 is 71.6 Å². The van der Waals surface area contributed by atoms with Crippen LogP contribution in [0, 0.1) is 5.92 Å². The molecule has 1 aliphatic carbocycles. The topological polar surface area (TPSA) is 334 Å². The molecule has 714 valence electrons. The van der Waals surface area contributed by atoms with Gasteiger partial charge in [-0.3, -0.25) is 52.7 Å². The van der Waals surface area contributed by atoms with E-state index >= 15 is 0 Å². The van der Waals surface area contributed by atoms with E-state index in [1.54, 1.807) is 24.3 Å². The fourth-order valence-corrected chi connectivity index (χ4v) is 14.1. The second-order valence-corrected chi connectivity index (χ2v) is 33.3. The summed E-state index contributed by atoms with van der Waals surface area (Å²) in [5.74, 6) is -0.612. The Kier molecular flexibility index (Phi) is 69.9. The summed E-state index contributed by atoms with van der Waals surface area (Å²) in [4.78, 5) is 146. The first kappa shape index (κ1) is 112. The predicted molar refractivity (Wildman–Crippen MR) is 480 cm³/mol. The summed E-state index contributed by atoms with van der Waals surface area (Å²) in [5, 5.41) is 0. The Bertz CT molecular complexity index is 3230. The lowest BCUT2D eigenvalue weighted by molar-refractivity contribution is -0.146. The molecule has 0 saturated heterocycles. The standard InChI is InChI=1S/C100H158O26/c1-4-5-19-44-83-56-58-84(59-57-83)85-60-66-88(67-61-85)126-100(112)86-62-64-87(65-63-86)114-69-32-6-7-33-70-115-90(102)46-21-9-35-72-117-92(104)48-23-11-37-74-119-94(106)50-25-13-39-76-121-96(108)52-27-15-41-78-123-98(110)54-29-17-43-80-125-99(111)55-30-18-42-79-124-97(109)53-28-16-40-77-122-95(107)51-26-14-38-75-120-93(105)49-24-12-36-73-118-91(103)47-22-10-34-71-116-89(101)45-20-8-31-68-113-81-82(2)3/h60-67,83-84H,2,4-59,68-81H2,1,3H3/t83-,84-. The van der Waals surface area contributed by atoms with Crippen molar-refractivity contribution >= 4 is 71.6 Å². The van der Waals surface area contributed by atoms with Gasteiger partial charge in [0.1, 0.15) is 11.5 Å². The van der Waals surface area contributed by atoms with Crippen LogP contribution in [0.25, 0.3) is 0 Å². The Morgan fingerprint density at radius 2 is 0.508 bits per heavy atom. The molecule has 0 aromatic heterocycles. The van der Waals surface area contributed by atoms with Crippen molar-refractivity contribution < 1.29 is 124 Å². The van der Waals surface area contributed by atoms with E-state index in [-0.39, 0.29) is 157 Å². The molecule has 126 heavy (non-hydrogen) atoms. The molecule has 0 atom stereocenters. The van der Waals surface area contributed by atoms with Crippen LogP contribution < -0.4 is 9.47 Å². The van der Waals surface area contributed by atoms with Gasteiger partial charge in [-0.25, -0.2) is 4.79 Å². The minimum atomic E-state index is -0.398. The molecular weight excluding hydrogens is 1620 g/mol. The summed E-state index contributed by atoms with van der Waals surface area (Å²) in [6.45, 7) is 13.1. The molecule has 26 nitrogen and oxygen atoms in total.